The van der Waals surface area contributed by atoms with E-state index in [4.69, 9.17) is 9.72 Å². The van der Waals surface area contributed by atoms with Crippen LogP contribution in [0.5, 0.6) is 0 Å². The largest absolute Gasteiger partial charge is 0.459 e. The van der Waals surface area contributed by atoms with E-state index in [1.807, 2.05) is 30.3 Å². The fourth-order valence-electron chi connectivity index (χ4n) is 4.39. The Morgan fingerprint density at radius 3 is 3.11 bits per heavy atom. The van der Waals surface area contributed by atoms with Crippen molar-refractivity contribution < 1.29 is 14.6 Å². The Labute approximate surface area is 153 Å². The first kappa shape index (κ1) is 14.9. The molecule has 3 aliphatic rings. The van der Waals surface area contributed by atoms with Gasteiger partial charge >= 0.3 is 5.97 Å². The number of aromatic nitrogens is 2. The average Bonchev–Trinajstić information content (AvgIpc) is 3.26. The number of rotatable bonds is 1. The molecule has 0 saturated heterocycles. The van der Waals surface area contributed by atoms with E-state index < -0.39 is 11.6 Å². The number of aliphatic hydroxyl groups is 1. The molecule has 0 bridgehead atoms. The van der Waals surface area contributed by atoms with E-state index in [9.17, 15) is 9.90 Å². The van der Waals surface area contributed by atoms with Gasteiger partial charge in [0.25, 0.3) is 0 Å². The van der Waals surface area contributed by atoms with E-state index in [2.05, 4.69) is 21.2 Å². The number of carbonyl (C=O) groups is 1. The number of cyclic esters (lactones) is 1. The highest BCUT2D eigenvalue weighted by Gasteiger charge is 2.47. The van der Waals surface area contributed by atoms with E-state index in [0.29, 0.717) is 5.57 Å². The van der Waals surface area contributed by atoms with Gasteiger partial charge in [0.2, 0.25) is 0 Å². The second-order valence-electron chi connectivity index (χ2n) is 7.17. The fourth-order valence-corrected chi connectivity index (χ4v) is 4.39. The maximum absolute atomic E-state index is 12.3. The first-order valence-corrected chi connectivity index (χ1v) is 8.99. The summed E-state index contributed by atoms with van der Waals surface area (Å²) >= 11 is 0. The molecule has 2 atom stereocenters. The highest BCUT2D eigenvalue weighted by Crippen LogP contribution is 2.37. The zero-order chi connectivity index (χ0) is 18.3. The Morgan fingerprint density at radius 1 is 1.41 bits per heavy atom. The molecule has 5 heterocycles. The van der Waals surface area contributed by atoms with Crippen LogP contribution in [0.25, 0.3) is 27.9 Å². The van der Waals surface area contributed by atoms with Gasteiger partial charge < -0.3 is 9.84 Å². The van der Waals surface area contributed by atoms with E-state index in [1.165, 1.54) is 0 Å². The van der Waals surface area contributed by atoms with Crippen molar-refractivity contribution >= 4 is 33.9 Å². The summed E-state index contributed by atoms with van der Waals surface area (Å²) < 4.78 is 7.36. The molecule has 1 aromatic carbocycles. The summed E-state index contributed by atoms with van der Waals surface area (Å²) in [6, 6.07) is 10.0. The summed E-state index contributed by atoms with van der Waals surface area (Å²) in [7, 11) is 0. The number of fused-ring (bicyclic) bond motifs is 5. The predicted molar refractivity (Wildman–Crippen MR) is 97.9 cm³/mol. The Kier molecular flexibility index (Phi) is 2.62. The lowest BCUT2D eigenvalue weighted by atomic mass is 9.83. The summed E-state index contributed by atoms with van der Waals surface area (Å²) in [5, 5.41) is 18.4. The fraction of sp³-hybridized carbons (Fsp3) is 0.250. The van der Waals surface area contributed by atoms with Crippen molar-refractivity contribution in [3.8, 4) is 0 Å². The van der Waals surface area contributed by atoms with Crippen LogP contribution in [0.1, 0.15) is 19.5 Å². The number of benzene rings is 1. The van der Waals surface area contributed by atoms with Gasteiger partial charge in [0, 0.05) is 21.9 Å². The number of pyridine rings is 1. The Hall–Kier alpha value is -3.19. The average molecular weight is 360 g/mol. The molecule has 2 aromatic heterocycles. The molecule has 7 nitrogen and oxygen atoms in total. The van der Waals surface area contributed by atoms with Crippen molar-refractivity contribution in [2.24, 2.45) is 5.10 Å². The summed E-state index contributed by atoms with van der Waals surface area (Å²) in [5.41, 5.74) is 5.46. The number of ether oxygens (including phenoxy) is 1. The lowest BCUT2D eigenvalue weighted by Gasteiger charge is -2.36. The van der Waals surface area contributed by atoms with E-state index >= 15 is 0 Å². The van der Waals surface area contributed by atoms with Gasteiger partial charge in [-0.2, -0.15) is 5.10 Å². The molecule has 1 unspecified atom stereocenters. The molecule has 27 heavy (non-hydrogen) atoms. The molecular weight excluding hydrogens is 344 g/mol. The summed E-state index contributed by atoms with van der Waals surface area (Å²) in [6.45, 7) is 1.92. The summed E-state index contributed by atoms with van der Waals surface area (Å²) in [4.78, 5) is 17.2. The van der Waals surface area contributed by atoms with E-state index in [1.54, 1.807) is 6.92 Å². The monoisotopic (exact) mass is 360 g/mol. The number of nitrogens with one attached hydrogen (secondary N) is 1. The third kappa shape index (κ3) is 1.67. The Balaban J connectivity index is 1.75. The maximum Gasteiger partial charge on any atom is 0.343 e. The van der Waals surface area contributed by atoms with Crippen LogP contribution in [0.3, 0.4) is 0 Å². The number of hydrogen-bond donors (Lipinski definition) is 2. The van der Waals surface area contributed by atoms with Gasteiger partial charge in [0.15, 0.2) is 11.1 Å². The molecular formula is C20H16N4O3. The molecule has 2 N–H and O–H groups in total. The van der Waals surface area contributed by atoms with Crippen LogP contribution < -0.4 is 16.3 Å². The minimum atomic E-state index is -1.64. The Morgan fingerprint density at radius 2 is 2.26 bits per heavy atom. The zero-order valence-corrected chi connectivity index (χ0v) is 14.6. The maximum atomic E-state index is 12.3. The minimum absolute atomic E-state index is 0.142. The number of nitrogens with zero attached hydrogens (tertiary/aromatic N) is 3. The van der Waals surface area contributed by atoms with Crippen molar-refractivity contribution in [1.82, 2.24) is 15.0 Å². The van der Waals surface area contributed by atoms with Crippen LogP contribution in [-0.2, 0) is 9.53 Å². The number of carbonyl (C=O) groups excluding carboxylic acids is 1. The lowest BCUT2D eigenvalue weighted by molar-refractivity contribution is -0.163. The molecule has 0 saturated carbocycles. The third-order valence-corrected chi connectivity index (χ3v) is 5.86. The second-order valence-corrected chi connectivity index (χ2v) is 7.17. The lowest BCUT2D eigenvalue weighted by Crippen LogP contribution is -2.50. The van der Waals surface area contributed by atoms with Gasteiger partial charge in [0.1, 0.15) is 12.8 Å². The molecule has 0 fully saturated rings. The number of para-hydroxylation sites is 1. The summed E-state index contributed by atoms with van der Waals surface area (Å²) in [6.07, 6.45) is 1.84. The van der Waals surface area contributed by atoms with Crippen molar-refractivity contribution in [1.29, 1.82) is 0 Å². The zero-order valence-electron chi connectivity index (χ0n) is 14.6. The highest BCUT2D eigenvalue weighted by molar-refractivity contribution is 5.95. The van der Waals surface area contributed by atoms with Gasteiger partial charge in [-0.1, -0.05) is 25.1 Å². The molecule has 7 heteroatoms. The number of hydrogen-bond acceptors (Lipinski definition) is 6. The first-order chi connectivity index (χ1) is 13.1. The quantitative estimate of drug-likeness (QED) is 0.621. The van der Waals surface area contributed by atoms with Gasteiger partial charge in [0.05, 0.1) is 16.4 Å². The highest BCUT2D eigenvalue weighted by atomic mass is 16.6. The minimum Gasteiger partial charge on any atom is -0.459 e. The topological polar surface area (TPSA) is 88.7 Å². The van der Waals surface area contributed by atoms with Gasteiger partial charge in [-0.25, -0.2) is 9.78 Å². The molecule has 3 aliphatic heterocycles. The molecule has 134 valence electrons. The third-order valence-electron chi connectivity index (χ3n) is 5.86. The molecule has 6 rings (SSSR count). The van der Waals surface area contributed by atoms with E-state index in [-0.39, 0.29) is 19.2 Å². The van der Waals surface area contributed by atoms with Gasteiger partial charge in [-0.15, -0.1) is 0 Å². The summed E-state index contributed by atoms with van der Waals surface area (Å²) in [5.74, 6) is -0.599. The SMILES string of the molecule is CC[C@@]1(O)C(=O)OCC2=C1C=c1c3nc4ccccc4cc3c3n1C2NN=3. The van der Waals surface area contributed by atoms with Crippen LogP contribution >= 0.6 is 0 Å². The van der Waals surface area contributed by atoms with Crippen LogP contribution in [0.15, 0.2) is 46.6 Å². The van der Waals surface area contributed by atoms with Crippen molar-refractivity contribution in [2.45, 2.75) is 25.1 Å². The van der Waals surface area contributed by atoms with Gasteiger partial charge in [-0.05, 0) is 24.6 Å². The molecule has 0 radical (unpaired) electrons. The molecule has 0 amide bonds. The van der Waals surface area contributed by atoms with Crippen LogP contribution in [0.2, 0.25) is 0 Å². The van der Waals surface area contributed by atoms with Crippen molar-refractivity contribution in [2.75, 3.05) is 6.61 Å². The number of esters is 1. The van der Waals surface area contributed by atoms with Gasteiger partial charge in [-0.3, -0.25) is 9.99 Å². The molecule has 3 aromatic rings. The smallest absolute Gasteiger partial charge is 0.343 e. The molecule has 0 aliphatic carbocycles. The van der Waals surface area contributed by atoms with Crippen molar-refractivity contribution in [3.63, 3.8) is 0 Å². The first-order valence-electron chi connectivity index (χ1n) is 8.99. The van der Waals surface area contributed by atoms with Crippen LogP contribution in [0.4, 0.5) is 0 Å². The van der Waals surface area contributed by atoms with E-state index in [0.717, 1.165) is 38.2 Å². The second kappa shape index (κ2) is 4.75. The standard InChI is InChI=1S/C20H16N4O3/c1-2-20(26)13-8-15-16-11(7-10-5-3-4-6-14(10)21-16)17-22-23-18(24(15)17)12(13)9-27-19(20)25/h3-8,18,23,26H,2,9H2,1H3/t18?,20-/m0/s1. The predicted octanol–water partition coefficient (Wildman–Crippen LogP) is 0.614. The normalized spacial score (nSPS) is 25.6. The van der Waals surface area contributed by atoms with Crippen molar-refractivity contribution in [3.05, 3.63) is 52.3 Å². The van der Waals surface area contributed by atoms with Crippen LogP contribution in [0, 0.1) is 0 Å². The molecule has 0 spiro atoms. The van der Waals surface area contributed by atoms with Crippen LogP contribution in [-0.4, -0.2) is 32.8 Å². The Bertz CT molecular complexity index is 1340.